The molecule has 0 aliphatic carbocycles. The number of ether oxygens (including phenoxy) is 1. The van der Waals surface area contributed by atoms with E-state index in [0.717, 1.165) is 12.1 Å². The molecule has 1 aromatic rings. The van der Waals surface area contributed by atoms with Crippen molar-refractivity contribution in [2.24, 2.45) is 0 Å². The first-order valence-electron chi connectivity index (χ1n) is 7.42. The molecule has 0 aromatic heterocycles. The normalized spacial score (nSPS) is 11.3. The minimum absolute atomic E-state index is 0.0356. The summed E-state index contributed by atoms with van der Waals surface area (Å²) in [5.41, 5.74) is 2.49. The average molecular weight is 292 g/mol. The van der Waals surface area contributed by atoms with E-state index in [1.807, 2.05) is 11.9 Å². The van der Waals surface area contributed by atoms with E-state index in [2.05, 4.69) is 50.4 Å². The summed E-state index contributed by atoms with van der Waals surface area (Å²) in [7, 11) is 3.59. The topological polar surface area (TPSA) is 41.6 Å². The van der Waals surface area contributed by atoms with Gasteiger partial charge in [0.15, 0.2) is 0 Å². The Kier molecular flexibility index (Phi) is 6.69. The molecule has 0 unspecified atom stereocenters. The van der Waals surface area contributed by atoms with Crippen molar-refractivity contribution in [2.45, 2.75) is 32.6 Å². The van der Waals surface area contributed by atoms with Gasteiger partial charge in [-0.3, -0.25) is 4.79 Å². The second-order valence-corrected chi connectivity index (χ2v) is 6.35. The van der Waals surface area contributed by atoms with Crippen LogP contribution in [0.2, 0.25) is 0 Å². The van der Waals surface area contributed by atoms with Gasteiger partial charge in [-0.1, -0.05) is 32.9 Å². The Balaban J connectivity index is 2.48. The highest BCUT2D eigenvalue weighted by Gasteiger charge is 2.14. The fourth-order valence-electron chi connectivity index (χ4n) is 2.02. The first-order valence-corrected chi connectivity index (χ1v) is 7.42. The van der Waals surface area contributed by atoms with Gasteiger partial charge >= 0.3 is 0 Å². The number of hydrogen-bond acceptors (Lipinski definition) is 3. The highest BCUT2D eigenvalue weighted by molar-refractivity contribution is 5.81. The van der Waals surface area contributed by atoms with Crippen molar-refractivity contribution in [1.82, 2.24) is 5.32 Å². The molecule has 0 saturated heterocycles. The van der Waals surface area contributed by atoms with E-state index in [1.165, 1.54) is 5.56 Å². The molecule has 0 fully saturated rings. The second kappa shape index (κ2) is 8.03. The summed E-state index contributed by atoms with van der Waals surface area (Å²) in [4.78, 5) is 13.8. The van der Waals surface area contributed by atoms with Crippen LogP contribution in [0.1, 0.15) is 32.8 Å². The lowest BCUT2D eigenvalue weighted by atomic mass is 9.87. The van der Waals surface area contributed by atoms with Gasteiger partial charge in [0.25, 0.3) is 0 Å². The summed E-state index contributed by atoms with van der Waals surface area (Å²) >= 11 is 0. The van der Waals surface area contributed by atoms with Crippen molar-refractivity contribution in [3.05, 3.63) is 29.8 Å². The van der Waals surface area contributed by atoms with Crippen LogP contribution in [0, 0.1) is 0 Å². The molecule has 0 aliphatic rings. The second-order valence-electron chi connectivity index (χ2n) is 6.35. The van der Waals surface area contributed by atoms with Crippen LogP contribution in [-0.4, -0.2) is 39.8 Å². The van der Waals surface area contributed by atoms with Gasteiger partial charge in [0.1, 0.15) is 0 Å². The van der Waals surface area contributed by atoms with Crippen LogP contribution in [0.3, 0.4) is 0 Å². The number of benzene rings is 1. The molecule has 1 N–H and O–H groups in total. The number of anilines is 1. The molecule has 1 amide bonds. The maximum absolute atomic E-state index is 11.8. The maximum atomic E-state index is 11.8. The third-order valence-electron chi connectivity index (χ3n) is 3.40. The first-order chi connectivity index (χ1) is 9.84. The van der Waals surface area contributed by atoms with E-state index in [9.17, 15) is 4.79 Å². The van der Waals surface area contributed by atoms with Crippen molar-refractivity contribution in [1.29, 1.82) is 0 Å². The lowest BCUT2D eigenvalue weighted by molar-refractivity contribution is -0.119. The third-order valence-corrected chi connectivity index (χ3v) is 3.40. The molecule has 0 heterocycles. The number of likely N-dealkylation sites (N-methyl/N-ethyl adjacent to an activating group) is 1. The molecule has 1 aromatic carbocycles. The van der Waals surface area contributed by atoms with Gasteiger partial charge in [-0.15, -0.1) is 0 Å². The SMILES string of the molecule is COCCCNC(=O)CN(C)c1ccc(C(C)(C)C)cc1. The number of rotatable bonds is 7. The number of amides is 1. The van der Waals surface area contributed by atoms with E-state index in [1.54, 1.807) is 7.11 Å². The van der Waals surface area contributed by atoms with E-state index in [4.69, 9.17) is 4.74 Å². The van der Waals surface area contributed by atoms with Gasteiger partial charge in [-0.2, -0.15) is 0 Å². The molecule has 4 nitrogen and oxygen atoms in total. The van der Waals surface area contributed by atoms with Crippen LogP contribution < -0.4 is 10.2 Å². The Bertz CT molecular complexity index is 435. The van der Waals surface area contributed by atoms with E-state index < -0.39 is 0 Å². The largest absolute Gasteiger partial charge is 0.385 e. The Labute approximate surface area is 128 Å². The zero-order valence-corrected chi connectivity index (χ0v) is 13.9. The highest BCUT2D eigenvalue weighted by Crippen LogP contribution is 2.24. The molecule has 0 spiro atoms. The summed E-state index contributed by atoms with van der Waals surface area (Å²) in [6.07, 6.45) is 0.840. The quantitative estimate of drug-likeness (QED) is 0.785. The minimum Gasteiger partial charge on any atom is -0.385 e. The Hall–Kier alpha value is -1.55. The molecule has 0 atom stereocenters. The summed E-state index contributed by atoms with van der Waals surface area (Å²) in [5.74, 6) is 0.0356. The molecule has 118 valence electrons. The standard InChI is InChI=1S/C17H28N2O2/c1-17(2,3)14-7-9-15(10-8-14)19(4)13-16(20)18-11-6-12-21-5/h7-10H,6,11-13H2,1-5H3,(H,18,20). The Morgan fingerprint density at radius 2 is 1.86 bits per heavy atom. The van der Waals surface area contributed by atoms with Crippen LogP contribution in [0.25, 0.3) is 0 Å². The molecule has 1 rings (SSSR count). The summed E-state index contributed by atoms with van der Waals surface area (Å²) in [5, 5.41) is 2.89. The smallest absolute Gasteiger partial charge is 0.239 e. The van der Waals surface area contributed by atoms with Crippen LogP contribution in [0.4, 0.5) is 5.69 Å². The summed E-state index contributed by atoms with van der Waals surface area (Å²) in [6.45, 7) is 8.27. The van der Waals surface area contributed by atoms with Crippen molar-refractivity contribution in [2.75, 3.05) is 38.8 Å². The van der Waals surface area contributed by atoms with Crippen LogP contribution >= 0.6 is 0 Å². The molecule has 4 heteroatoms. The lowest BCUT2D eigenvalue weighted by Gasteiger charge is -2.22. The number of methoxy groups -OCH3 is 1. The molecule has 0 radical (unpaired) electrons. The van der Waals surface area contributed by atoms with Crippen molar-refractivity contribution in [3.8, 4) is 0 Å². The molecule has 0 aliphatic heterocycles. The van der Waals surface area contributed by atoms with Crippen molar-refractivity contribution < 1.29 is 9.53 Å². The van der Waals surface area contributed by atoms with Gasteiger partial charge < -0.3 is 15.0 Å². The minimum atomic E-state index is 0.0356. The molecule has 0 bridgehead atoms. The monoisotopic (exact) mass is 292 g/mol. The van der Waals surface area contributed by atoms with Crippen LogP contribution in [-0.2, 0) is 14.9 Å². The first kappa shape index (κ1) is 17.5. The van der Waals surface area contributed by atoms with Gasteiger partial charge in [-0.25, -0.2) is 0 Å². The van der Waals surface area contributed by atoms with Gasteiger partial charge in [0, 0.05) is 33.0 Å². The Morgan fingerprint density at radius 1 is 1.24 bits per heavy atom. The Morgan fingerprint density at radius 3 is 2.38 bits per heavy atom. The molecule has 21 heavy (non-hydrogen) atoms. The number of nitrogens with one attached hydrogen (secondary N) is 1. The number of hydrogen-bond donors (Lipinski definition) is 1. The molecular weight excluding hydrogens is 264 g/mol. The molecular formula is C17H28N2O2. The van der Waals surface area contributed by atoms with E-state index in [-0.39, 0.29) is 11.3 Å². The van der Waals surface area contributed by atoms with E-state index >= 15 is 0 Å². The summed E-state index contributed by atoms with van der Waals surface area (Å²) in [6, 6.07) is 8.39. The number of carbonyl (C=O) groups is 1. The predicted octanol–water partition coefficient (Wildman–Crippen LogP) is 2.57. The summed E-state index contributed by atoms with van der Waals surface area (Å²) < 4.78 is 4.95. The average Bonchev–Trinajstić information content (AvgIpc) is 2.43. The predicted molar refractivity (Wildman–Crippen MR) is 87.9 cm³/mol. The van der Waals surface area contributed by atoms with Crippen molar-refractivity contribution >= 4 is 11.6 Å². The highest BCUT2D eigenvalue weighted by atomic mass is 16.5. The van der Waals surface area contributed by atoms with Gasteiger partial charge in [-0.05, 0) is 29.5 Å². The number of carbonyl (C=O) groups excluding carboxylic acids is 1. The maximum Gasteiger partial charge on any atom is 0.239 e. The number of nitrogens with zero attached hydrogens (tertiary/aromatic N) is 1. The molecule has 0 saturated carbocycles. The van der Waals surface area contributed by atoms with E-state index in [0.29, 0.717) is 19.7 Å². The fourth-order valence-corrected chi connectivity index (χ4v) is 2.02. The lowest BCUT2D eigenvalue weighted by Crippen LogP contribution is -2.35. The fraction of sp³-hybridized carbons (Fsp3) is 0.588. The van der Waals surface area contributed by atoms with Gasteiger partial charge in [0.2, 0.25) is 5.91 Å². The third kappa shape index (κ3) is 6.17. The van der Waals surface area contributed by atoms with Gasteiger partial charge in [0.05, 0.1) is 6.54 Å². The zero-order valence-electron chi connectivity index (χ0n) is 13.9. The van der Waals surface area contributed by atoms with Crippen molar-refractivity contribution in [3.63, 3.8) is 0 Å². The zero-order chi connectivity index (χ0) is 15.9. The van der Waals surface area contributed by atoms with Crippen LogP contribution in [0.5, 0.6) is 0 Å². The van der Waals surface area contributed by atoms with Crippen LogP contribution in [0.15, 0.2) is 24.3 Å².